The first kappa shape index (κ1) is 15.1. The van der Waals surface area contributed by atoms with Crippen molar-refractivity contribution in [2.45, 2.75) is 12.5 Å². The number of carbonyl (C=O) groups is 3. The summed E-state index contributed by atoms with van der Waals surface area (Å²) in [5.41, 5.74) is 0.302. The van der Waals surface area contributed by atoms with E-state index in [1.165, 1.54) is 18.2 Å². The fourth-order valence-corrected chi connectivity index (χ4v) is 2.31. The molecule has 112 valence electrons. The fraction of sp³-hybridized carbons (Fsp3) is 0.308. The number of hydrogen-bond donors (Lipinski definition) is 3. The maximum atomic E-state index is 11.8. The highest BCUT2D eigenvalue weighted by atomic mass is 35.5. The minimum Gasteiger partial charge on any atom is -0.478 e. The van der Waals surface area contributed by atoms with Crippen molar-refractivity contribution in [3.05, 3.63) is 28.8 Å². The summed E-state index contributed by atoms with van der Waals surface area (Å²) in [4.78, 5) is 35.8. The van der Waals surface area contributed by atoms with E-state index < -0.39 is 18.0 Å². The number of anilines is 1. The molecule has 1 fully saturated rings. The number of amides is 3. The normalized spacial score (nSPS) is 17.7. The van der Waals surface area contributed by atoms with Crippen molar-refractivity contribution < 1.29 is 19.5 Å². The minimum absolute atomic E-state index is 0.0250. The Labute approximate surface area is 125 Å². The third-order valence-electron chi connectivity index (χ3n) is 3.19. The molecule has 2 rings (SSSR count). The molecule has 7 nitrogen and oxygen atoms in total. The van der Waals surface area contributed by atoms with Gasteiger partial charge in [0.2, 0.25) is 5.91 Å². The van der Waals surface area contributed by atoms with Crippen LogP contribution in [0.15, 0.2) is 18.2 Å². The number of carboxylic acid groups (broad SMARTS) is 1. The lowest BCUT2D eigenvalue weighted by molar-refractivity contribution is -0.128. The van der Waals surface area contributed by atoms with Crippen molar-refractivity contribution in [1.82, 2.24) is 10.2 Å². The van der Waals surface area contributed by atoms with E-state index in [0.29, 0.717) is 18.7 Å². The molecule has 1 aliphatic heterocycles. The van der Waals surface area contributed by atoms with Gasteiger partial charge in [0.05, 0.1) is 10.6 Å². The maximum absolute atomic E-state index is 11.8. The van der Waals surface area contributed by atoms with Gasteiger partial charge in [-0.15, -0.1) is 0 Å². The largest absolute Gasteiger partial charge is 0.478 e. The SMILES string of the molecule is CN1CCC(NC(=O)Nc2ccc(C(=O)O)c(Cl)c2)C1=O. The molecule has 1 aromatic carbocycles. The Hall–Kier alpha value is -2.28. The van der Waals surface area contributed by atoms with E-state index in [4.69, 9.17) is 16.7 Å². The zero-order chi connectivity index (χ0) is 15.6. The number of carboxylic acids is 1. The number of carbonyl (C=O) groups excluding carboxylic acids is 2. The number of halogens is 1. The van der Waals surface area contributed by atoms with E-state index in [2.05, 4.69) is 10.6 Å². The molecule has 1 saturated heterocycles. The molecule has 1 unspecified atom stereocenters. The smallest absolute Gasteiger partial charge is 0.337 e. The van der Waals surface area contributed by atoms with Crippen molar-refractivity contribution in [3.8, 4) is 0 Å². The molecule has 8 heteroatoms. The third-order valence-corrected chi connectivity index (χ3v) is 3.50. The standard InChI is InChI=1S/C13H14ClN3O4/c1-17-5-4-10(11(17)18)16-13(21)15-7-2-3-8(12(19)20)9(14)6-7/h2-3,6,10H,4-5H2,1H3,(H,19,20)(H2,15,16,21). The molecule has 0 bridgehead atoms. The first-order valence-corrected chi connectivity index (χ1v) is 6.61. The van der Waals surface area contributed by atoms with Crippen molar-refractivity contribution in [2.24, 2.45) is 0 Å². The van der Waals surface area contributed by atoms with Gasteiger partial charge in [0, 0.05) is 19.3 Å². The number of rotatable bonds is 3. The van der Waals surface area contributed by atoms with Crippen molar-refractivity contribution >= 4 is 35.2 Å². The Morgan fingerprint density at radius 2 is 2.14 bits per heavy atom. The van der Waals surface area contributed by atoms with Gasteiger partial charge in [0.25, 0.3) is 0 Å². The molecule has 0 aliphatic carbocycles. The van der Waals surface area contributed by atoms with E-state index >= 15 is 0 Å². The molecule has 1 heterocycles. The van der Waals surface area contributed by atoms with Gasteiger partial charge >= 0.3 is 12.0 Å². The van der Waals surface area contributed by atoms with E-state index in [-0.39, 0.29) is 16.5 Å². The van der Waals surface area contributed by atoms with Crippen LogP contribution in [0.5, 0.6) is 0 Å². The zero-order valence-corrected chi connectivity index (χ0v) is 12.0. The molecule has 1 aliphatic rings. The van der Waals surface area contributed by atoms with Gasteiger partial charge in [0.15, 0.2) is 0 Å². The maximum Gasteiger partial charge on any atom is 0.337 e. The van der Waals surface area contributed by atoms with Crippen LogP contribution in [-0.4, -0.2) is 47.5 Å². The number of likely N-dealkylation sites (tertiary alicyclic amines) is 1. The summed E-state index contributed by atoms with van der Waals surface area (Å²) < 4.78 is 0. The lowest BCUT2D eigenvalue weighted by Crippen LogP contribution is -2.42. The summed E-state index contributed by atoms with van der Waals surface area (Å²) in [5.74, 6) is -1.28. The van der Waals surface area contributed by atoms with Crippen molar-refractivity contribution in [2.75, 3.05) is 18.9 Å². The molecule has 0 aromatic heterocycles. The number of hydrogen-bond acceptors (Lipinski definition) is 3. The van der Waals surface area contributed by atoms with Crippen LogP contribution in [0.1, 0.15) is 16.8 Å². The van der Waals surface area contributed by atoms with Gasteiger partial charge in [-0.2, -0.15) is 0 Å². The summed E-state index contributed by atoms with van der Waals surface area (Å²) in [5, 5.41) is 14.0. The highest BCUT2D eigenvalue weighted by Crippen LogP contribution is 2.21. The van der Waals surface area contributed by atoms with E-state index in [9.17, 15) is 14.4 Å². The minimum atomic E-state index is -1.14. The monoisotopic (exact) mass is 311 g/mol. The lowest BCUT2D eigenvalue weighted by atomic mass is 10.2. The highest BCUT2D eigenvalue weighted by molar-refractivity contribution is 6.33. The van der Waals surface area contributed by atoms with Crippen LogP contribution in [0.3, 0.4) is 0 Å². The van der Waals surface area contributed by atoms with Crippen LogP contribution in [0, 0.1) is 0 Å². The molecule has 0 radical (unpaired) electrons. The van der Waals surface area contributed by atoms with Crippen LogP contribution >= 0.6 is 11.6 Å². The van der Waals surface area contributed by atoms with E-state index in [1.54, 1.807) is 11.9 Å². The number of nitrogens with zero attached hydrogens (tertiary/aromatic N) is 1. The lowest BCUT2D eigenvalue weighted by Gasteiger charge is -2.13. The van der Waals surface area contributed by atoms with Gasteiger partial charge in [-0.1, -0.05) is 11.6 Å². The summed E-state index contributed by atoms with van der Waals surface area (Å²) in [7, 11) is 1.67. The fourth-order valence-electron chi connectivity index (χ4n) is 2.05. The van der Waals surface area contributed by atoms with Gasteiger partial charge < -0.3 is 20.6 Å². The first-order valence-electron chi connectivity index (χ1n) is 6.24. The number of urea groups is 1. The molecular weight excluding hydrogens is 298 g/mol. The van der Waals surface area contributed by atoms with E-state index in [1.807, 2.05) is 0 Å². The molecule has 0 saturated carbocycles. The molecule has 3 amide bonds. The Kier molecular flexibility index (Phi) is 4.32. The number of aromatic carboxylic acids is 1. The Morgan fingerprint density at radius 3 is 2.67 bits per heavy atom. The van der Waals surface area contributed by atoms with Gasteiger partial charge in [0.1, 0.15) is 6.04 Å². The topological polar surface area (TPSA) is 98.7 Å². The second-order valence-corrected chi connectivity index (χ2v) is 5.11. The molecular formula is C13H14ClN3O4. The Morgan fingerprint density at radius 1 is 1.43 bits per heavy atom. The molecule has 1 atom stereocenters. The first-order chi connectivity index (χ1) is 9.88. The van der Waals surface area contributed by atoms with Crippen LogP contribution in [-0.2, 0) is 4.79 Å². The molecule has 21 heavy (non-hydrogen) atoms. The molecule has 3 N–H and O–H groups in total. The predicted octanol–water partition coefficient (Wildman–Crippen LogP) is 1.39. The van der Waals surface area contributed by atoms with Crippen molar-refractivity contribution in [1.29, 1.82) is 0 Å². The average molecular weight is 312 g/mol. The Bertz CT molecular complexity index is 605. The quantitative estimate of drug-likeness (QED) is 0.785. The van der Waals surface area contributed by atoms with E-state index in [0.717, 1.165) is 0 Å². The summed E-state index contributed by atoms with van der Waals surface area (Å²) >= 11 is 5.81. The summed E-state index contributed by atoms with van der Waals surface area (Å²) in [6.07, 6.45) is 0.557. The predicted molar refractivity (Wildman–Crippen MR) is 76.6 cm³/mol. The van der Waals surface area contributed by atoms with Crippen LogP contribution < -0.4 is 10.6 Å². The van der Waals surface area contributed by atoms with Crippen molar-refractivity contribution in [3.63, 3.8) is 0 Å². The summed E-state index contributed by atoms with van der Waals surface area (Å²) in [6.45, 7) is 0.600. The molecule has 1 aromatic rings. The highest BCUT2D eigenvalue weighted by Gasteiger charge is 2.30. The van der Waals surface area contributed by atoms with Crippen LogP contribution in [0.4, 0.5) is 10.5 Å². The van der Waals surface area contributed by atoms with Crippen LogP contribution in [0.2, 0.25) is 5.02 Å². The number of nitrogens with one attached hydrogen (secondary N) is 2. The zero-order valence-electron chi connectivity index (χ0n) is 11.2. The average Bonchev–Trinajstić information content (AvgIpc) is 2.70. The third kappa shape index (κ3) is 3.43. The van der Waals surface area contributed by atoms with Gasteiger partial charge in [-0.3, -0.25) is 4.79 Å². The van der Waals surface area contributed by atoms with Gasteiger partial charge in [-0.25, -0.2) is 9.59 Å². The number of likely N-dealkylation sites (N-methyl/N-ethyl adjacent to an activating group) is 1. The second-order valence-electron chi connectivity index (χ2n) is 4.70. The Balaban J connectivity index is 1.98. The second kappa shape index (κ2) is 6.01. The van der Waals surface area contributed by atoms with Gasteiger partial charge in [-0.05, 0) is 24.6 Å². The number of benzene rings is 1. The summed E-state index contributed by atoms with van der Waals surface area (Å²) in [6, 6.07) is 2.99. The molecule has 0 spiro atoms. The van der Waals surface area contributed by atoms with Crippen LogP contribution in [0.25, 0.3) is 0 Å².